The number of carbonyl (C=O) groups is 2. The Morgan fingerprint density at radius 2 is 1.80 bits per heavy atom. The molecule has 40 heavy (non-hydrogen) atoms. The SMILES string of the molecule is CN(C)C1(N2Cc3ccc(N4CC[C@@H](Oc5ccc(SC(F)(F)F)cc5)C4=O)cc3C2=O)C=c2ccccc2=N1. The first kappa shape index (κ1) is 26.4. The molecule has 1 unspecified atom stereocenters. The molecule has 2 amide bonds. The maximum Gasteiger partial charge on any atom is 0.446 e. The van der Waals surface area contributed by atoms with Gasteiger partial charge in [-0.1, -0.05) is 24.3 Å². The van der Waals surface area contributed by atoms with Gasteiger partial charge in [0.05, 0.1) is 11.9 Å². The minimum atomic E-state index is -4.37. The number of rotatable bonds is 6. The summed E-state index contributed by atoms with van der Waals surface area (Å²) in [5, 5.41) is 1.78. The van der Waals surface area contributed by atoms with Crippen LogP contribution < -0.4 is 20.2 Å². The van der Waals surface area contributed by atoms with Crippen molar-refractivity contribution in [3.05, 3.63) is 88.4 Å². The third-order valence-corrected chi connectivity index (χ3v) is 8.07. The molecule has 7 nitrogen and oxygen atoms in total. The van der Waals surface area contributed by atoms with Gasteiger partial charge in [0.25, 0.3) is 11.8 Å². The number of anilines is 1. The number of para-hydroxylation sites is 1. The van der Waals surface area contributed by atoms with E-state index >= 15 is 0 Å². The predicted octanol–water partition coefficient (Wildman–Crippen LogP) is 3.77. The van der Waals surface area contributed by atoms with E-state index in [9.17, 15) is 22.8 Å². The number of carbonyl (C=O) groups excluding carboxylic acids is 2. The zero-order chi connectivity index (χ0) is 28.2. The number of alkyl halides is 3. The number of ether oxygens (including phenoxy) is 1. The molecule has 0 radical (unpaired) electrons. The van der Waals surface area contributed by atoms with Crippen LogP contribution in [-0.4, -0.2) is 59.7 Å². The number of thioether (sulfide) groups is 1. The van der Waals surface area contributed by atoms with Gasteiger partial charge in [-0.05, 0) is 80.0 Å². The minimum absolute atomic E-state index is 0.0407. The van der Waals surface area contributed by atoms with Crippen LogP contribution >= 0.6 is 11.8 Å². The molecule has 2 atom stereocenters. The van der Waals surface area contributed by atoms with Gasteiger partial charge in [-0.15, -0.1) is 0 Å². The fraction of sp³-hybridized carbons (Fsp3) is 0.276. The van der Waals surface area contributed by atoms with E-state index in [0.29, 0.717) is 36.5 Å². The summed E-state index contributed by atoms with van der Waals surface area (Å²) in [6.45, 7) is 0.769. The van der Waals surface area contributed by atoms with Crippen molar-refractivity contribution in [1.82, 2.24) is 9.80 Å². The van der Waals surface area contributed by atoms with Crippen LogP contribution in [0.5, 0.6) is 5.75 Å². The van der Waals surface area contributed by atoms with Crippen molar-refractivity contribution in [2.24, 2.45) is 4.99 Å². The van der Waals surface area contributed by atoms with Crippen LogP contribution in [0.2, 0.25) is 0 Å². The van der Waals surface area contributed by atoms with Crippen LogP contribution in [0.1, 0.15) is 22.3 Å². The second-order valence-electron chi connectivity index (χ2n) is 10.0. The zero-order valence-electron chi connectivity index (χ0n) is 21.7. The standard InChI is InChI=1S/C29H25F3N4O3S/c1-34(2)28(16-18-5-3-4-6-24(18)33-28)36-17-19-7-8-20(15-23(19)26(36)37)35-14-13-25(27(35)38)39-21-9-11-22(12-10-21)40-29(30,31)32/h3-12,15-16,25H,13-14,17H2,1-2H3/t25-,28?/m1/s1. The molecule has 3 aromatic rings. The third-order valence-electron chi connectivity index (χ3n) is 7.33. The summed E-state index contributed by atoms with van der Waals surface area (Å²) in [5.41, 5.74) is -2.41. The Kier molecular flexibility index (Phi) is 6.38. The second-order valence-corrected chi connectivity index (χ2v) is 11.2. The summed E-state index contributed by atoms with van der Waals surface area (Å²) >= 11 is -0.206. The summed E-state index contributed by atoms with van der Waals surface area (Å²) in [7, 11) is 3.78. The van der Waals surface area contributed by atoms with Crippen molar-refractivity contribution >= 4 is 35.3 Å². The minimum Gasteiger partial charge on any atom is -0.481 e. The normalized spacial score (nSPS) is 21.9. The lowest BCUT2D eigenvalue weighted by molar-refractivity contribution is -0.122. The predicted molar refractivity (Wildman–Crippen MR) is 144 cm³/mol. The molecular formula is C29H25F3N4O3S. The summed E-state index contributed by atoms with van der Waals surface area (Å²) in [6.07, 6.45) is 1.63. The maximum absolute atomic E-state index is 13.7. The van der Waals surface area contributed by atoms with E-state index in [-0.39, 0.29) is 28.5 Å². The van der Waals surface area contributed by atoms with Gasteiger partial charge in [0.15, 0.2) is 6.10 Å². The largest absolute Gasteiger partial charge is 0.481 e. The Morgan fingerprint density at radius 1 is 1.05 bits per heavy atom. The van der Waals surface area contributed by atoms with Gasteiger partial charge in [0.2, 0.25) is 5.79 Å². The summed E-state index contributed by atoms with van der Waals surface area (Å²) < 4.78 is 43.6. The topological polar surface area (TPSA) is 65.5 Å². The monoisotopic (exact) mass is 566 g/mol. The molecule has 0 aliphatic carbocycles. The van der Waals surface area contributed by atoms with Crippen LogP contribution in [0.3, 0.4) is 0 Å². The number of amides is 2. The number of hydrogen-bond donors (Lipinski definition) is 0. The van der Waals surface area contributed by atoms with Crippen molar-refractivity contribution in [2.75, 3.05) is 25.5 Å². The number of benzene rings is 3. The Balaban J connectivity index is 1.19. The average Bonchev–Trinajstić information content (AvgIpc) is 3.58. The van der Waals surface area contributed by atoms with Gasteiger partial charge in [-0.2, -0.15) is 13.2 Å². The summed E-state index contributed by atoms with van der Waals surface area (Å²) in [6, 6.07) is 18.7. The number of hydrogen-bond acceptors (Lipinski definition) is 6. The summed E-state index contributed by atoms with van der Waals surface area (Å²) in [5.74, 6) is -1.08. The lowest BCUT2D eigenvalue weighted by Crippen LogP contribution is -2.55. The Hall–Kier alpha value is -3.83. The third kappa shape index (κ3) is 4.62. The first-order valence-corrected chi connectivity index (χ1v) is 13.5. The van der Waals surface area contributed by atoms with Crippen LogP contribution in [0, 0.1) is 0 Å². The highest BCUT2D eigenvalue weighted by Gasteiger charge is 2.46. The highest BCUT2D eigenvalue weighted by Crippen LogP contribution is 2.38. The van der Waals surface area contributed by atoms with E-state index < -0.39 is 17.4 Å². The van der Waals surface area contributed by atoms with E-state index in [1.807, 2.05) is 61.5 Å². The maximum atomic E-state index is 13.7. The van der Waals surface area contributed by atoms with Crippen molar-refractivity contribution in [3.63, 3.8) is 0 Å². The fourth-order valence-corrected chi connectivity index (χ4v) is 5.90. The van der Waals surface area contributed by atoms with Gasteiger partial charge in [0.1, 0.15) is 5.75 Å². The second kappa shape index (κ2) is 9.67. The van der Waals surface area contributed by atoms with Crippen LogP contribution in [0.4, 0.5) is 18.9 Å². The smallest absolute Gasteiger partial charge is 0.446 e. The van der Waals surface area contributed by atoms with E-state index in [1.165, 1.54) is 24.3 Å². The molecule has 0 saturated carbocycles. The molecule has 1 fully saturated rings. The van der Waals surface area contributed by atoms with E-state index in [1.54, 1.807) is 15.9 Å². The van der Waals surface area contributed by atoms with Crippen LogP contribution in [0.15, 0.2) is 76.6 Å². The van der Waals surface area contributed by atoms with Crippen LogP contribution in [0.25, 0.3) is 6.08 Å². The Labute approximate surface area is 232 Å². The van der Waals surface area contributed by atoms with Crippen molar-refractivity contribution in [2.45, 2.75) is 35.3 Å². The molecule has 0 spiro atoms. The van der Waals surface area contributed by atoms with Crippen molar-refractivity contribution in [3.8, 4) is 5.75 Å². The number of nitrogens with zero attached hydrogens (tertiary/aromatic N) is 4. The molecule has 206 valence electrons. The van der Waals surface area contributed by atoms with E-state index in [2.05, 4.69) is 0 Å². The molecule has 3 aliphatic rings. The van der Waals surface area contributed by atoms with Gasteiger partial charge < -0.3 is 9.64 Å². The van der Waals surface area contributed by atoms with Gasteiger partial charge in [-0.25, -0.2) is 4.99 Å². The lowest BCUT2D eigenvalue weighted by atomic mass is 10.1. The fourth-order valence-electron chi connectivity index (χ4n) is 5.36. The highest BCUT2D eigenvalue weighted by molar-refractivity contribution is 8.00. The van der Waals surface area contributed by atoms with E-state index in [4.69, 9.17) is 9.73 Å². The molecule has 3 aromatic carbocycles. The number of halogens is 3. The first-order valence-electron chi connectivity index (χ1n) is 12.7. The molecular weight excluding hydrogens is 541 g/mol. The Bertz CT molecular complexity index is 1590. The number of fused-ring (bicyclic) bond motifs is 2. The zero-order valence-corrected chi connectivity index (χ0v) is 22.5. The molecule has 1 saturated heterocycles. The summed E-state index contributed by atoms with van der Waals surface area (Å²) in [4.78, 5) is 37.1. The van der Waals surface area contributed by atoms with Crippen molar-refractivity contribution in [1.29, 1.82) is 0 Å². The molecule has 0 aromatic heterocycles. The molecule has 0 bridgehead atoms. The molecule has 3 aliphatic heterocycles. The van der Waals surface area contributed by atoms with Gasteiger partial charge in [-0.3, -0.25) is 19.4 Å². The molecule has 11 heteroatoms. The Morgan fingerprint density at radius 3 is 2.50 bits per heavy atom. The molecule has 6 rings (SSSR count). The van der Waals surface area contributed by atoms with E-state index in [0.717, 1.165) is 16.1 Å². The molecule has 3 heterocycles. The van der Waals surface area contributed by atoms with Gasteiger partial charge >= 0.3 is 5.51 Å². The quantitative estimate of drug-likeness (QED) is 0.426. The van der Waals surface area contributed by atoms with Gasteiger partial charge in [0, 0.05) is 34.3 Å². The first-order chi connectivity index (χ1) is 19.0. The highest BCUT2D eigenvalue weighted by atomic mass is 32.2. The lowest BCUT2D eigenvalue weighted by Gasteiger charge is -2.39. The van der Waals surface area contributed by atoms with Crippen LogP contribution in [-0.2, 0) is 11.3 Å². The van der Waals surface area contributed by atoms with Crippen molar-refractivity contribution < 1.29 is 27.5 Å². The molecule has 0 N–H and O–H groups in total. The average molecular weight is 567 g/mol.